The number of ether oxygens (including phenoxy) is 1. The van der Waals surface area contributed by atoms with Gasteiger partial charge in [0.1, 0.15) is 5.75 Å². The molecule has 1 amide bonds. The fourth-order valence-electron chi connectivity index (χ4n) is 2.06. The number of likely N-dealkylation sites (tertiary alicyclic amines) is 1. The van der Waals surface area contributed by atoms with Crippen molar-refractivity contribution in [3.05, 3.63) is 28.2 Å². The number of halogens is 2. The molecule has 19 heavy (non-hydrogen) atoms. The van der Waals surface area contributed by atoms with Crippen LogP contribution in [0.5, 0.6) is 5.75 Å². The average Bonchev–Trinajstić information content (AvgIpc) is 2.78. The molecule has 1 aromatic rings. The number of hydrogen-bond acceptors (Lipinski definition) is 3. The normalized spacial score (nSPS) is 20.4. The molecule has 2 N–H and O–H groups in total. The Morgan fingerprint density at radius 1 is 1.53 bits per heavy atom. The van der Waals surface area contributed by atoms with Crippen LogP contribution in [0.2, 0.25) is 10.0 Å². The summed E-state index contributed by atoms with van der Waals surface area (Å²) in [4.78, 5) is 13.9. The predicted molar refractivity (Wildman–Crippen MR) is 75.7 cm³/mol. The summed E-state index contributed by atoms with van der Waals surface area (Å²) in [5.41, 5.74) is 5.79. The van der Waals surface area contributed by atoms with Crippen molar-refractivity contribution in [3.63, 3.8) is 0 Å². The van der Waals surface area contributed by atoms with Crippen molar-refractivity contribution in [3.8, 4) is 5.75 Å². The van der Waals surface area contributed by atoms with Crippen molar-refractivity contribution in [2.45, 2.75) is 25.5 Å². The van der Waals surface area contributed by atoms with Crippen LogP contribution in [-0.2, 0) is 4.79 Å². The highest BCUT2D eigenvalue weighted by atomic mass is 35.5. The van der Waals surface area contributed by atoms with Gasteiger partial charge < -0.3 is 15.4 Å². The van der Waals surface area contributed by atoms with E-state index in [1.165, 1.54) is 0 Å². The Balaban J connectivity index is 2.00. The van der Waals surface area contributed by atoms with Gasteiger partial charge in [0.15, 0.2) is 6.10 Å². The lowest BCUT2D eigenvalue weighted by Crippen LogP contribution is -2.40. The van der Waals surface area contributed by atoms with Crippen LogP contribution >= 0.6 is 23.2 Å². The van der Waals surface area contributed by atoms with Gasteiger partial charge in [-0.2, -0.15) is 0 Å². The Bertz CT molecular complexity index is 482. The number of hydrogen-bond donors (Lipinski definition) is 1. The first-order chi connectivity index (χ1) is 8.97. The van der Waals surface area contributed by atoms with Crippen LogP contribution in [0.3, 0.4) is 0 Å². The molecule has 1 aromatic carbocycles. The summed E-state index contributed by atoms with van der Waals surface area (Å²) >= 11 is 11.8. The lowest BCUT2D eigenvalue weighted by atomic mass is 10.3. The standard InChI is InChI=1S/C13H16Cl2N2O2/c1-8(13(18)17-5-4-10(16)7-17)19-12-3-2-9(14)6-11(12)15/h2-3,6,8,10H,4-5,7,16H2,1H3/t8?,10-/m1/s1. The van der Waals surface area contributed by atoms with Crippen LogP contribution in [-0.4, -0.2) is 36.0 Å². The monoisotopic (exact) mass is 302 g/mol. The number of rotatable bonds is 3. The molecule has 4 nitrogen and oxygen atoms in total. The molecule has 1 unspecified atom stereocenters. The van der Waals surface area contributed by atoms with E-state index in [1.54, 1.807) is 30.0 Å². The molecule has 2 rings (SSSR count). The topological polar surface area (TPSA) is 55.6 Å². The SMILES string of the molecule is CC(Oc1ccc(Cl)cc1Cl)C(=O)N1CC[C@@H](N)C1. The van der Waals surface area contributed by atoms with Gasteiger partial charge in [-0.25, -0.2) is 0 Å². The average molecular weight is 303 g/mol. The highest BCUT2D eigenvalue weighted by Crippen LogP contribution is 2.28. The molecule has 6 heteroatoms. The third kappa shape index (κ3) is 3.53. The molecule has 1 heterocycles. The maximum atomic E-state index is 12.1. The van der Waals surface area contributed by atoms with Crippen molar-refractivity contribution in [2.75, 3.05) is 13.1 Å². The number of amides is 1. The van der Waals surface area contributed by atoms with E-state index in [0.717, 1.165) is 6.42 Å². The molecule has 0 bridgehead atoms. The summed E-state index contributed by atoms with van der Waals surface area (Å²) in [5.74, 6) is 0.384. The van der Waals surface area contributed by atoms with Crippen LogP contribution in [0.25, 0.3) is 0 Å². The van der Waals surface area contributed by atoms with Crippen LogP contribution in [0.4, 0.5) is 0 Å². The summed E-state index contributed by atoms with van der Waals surface area (Å²) in [6.45, 7) is 2.97. The van der Waals surface area contributed by atoms with Crippen molar-refractivity contribution < 1.29 is 9.53 Å². The molecule has 104 valence electrons. The largest absolute Gasteiger partial charge is 0.479 e. The summed E-state index contributed by atoms with van der Waals surface area (Å²) in [7, 11) is 0. The minimum Gasteiger partial charge on any atom is -0.479 e. The fraction of sp³-hybridized carbons (Fsp3) is 0.462. The van der Waals surface area contributed by atoms with Crippen molar-refractivity contribution in [1.29, 1.82) is 0 Å². The molecule has 1 aliphatic rings. The van der Waals surface area contributed by atoms with E-state index in [1.807, 2.05) is 0 Å². The van der Waals surface area contributed by atoms with E-state index in [-0.39, 0.29) is 11.9 Å². The molecule has 0 radical (unpaired) electrons. The first-order valence-corrected chi connectivity index (χ1v) is 6.89. The summed E-state index contributed by atoms with van der Waals surface area (Å²) in [5, 5.41) is 0.923. The zero-order chi connectivity index (χ0) is 14.0. The van der Waals surface area contributed by atoms with E-state index in [2.05, 4.69) is 0 Å². The molecule has 0 spiro atoms. The lowest BCUT2D eigenvalue weighted by Gasteiger charge is -2.21. The number of nitrogens with zero attached hydrogens (tertiary/aromatic N) is 1. The van der Waals surface area contributed by atoms with E-state index in [4.69, 9.17) is 33.7 Å². The zero-order valence-electron chi connectivity index (χ0n) is 10.6. The van der Waals surface area contributed by atoms with Gasteiger partial charge in [-0.15, -0.1) is 0 Å². The van der Waals surface area contributed by atoms with Gasteiger partial charge >= 0.3 is 0 Å². The first-order valence-electron chi connectivity index (χ1n) is 6.13. The fourth-order valence-corrected chi connectivity index (χ4v) is 2.51. The van der Waals surface area contributed by atoms with Gasteiger partial charge in [0.05, 0.1) is 5.02 Å². The molecular weight excluding hydrogens is 287 g/mol. The summed E-state index contributed by atoms with van der Waals surface area (Å²) in [6.07, 6.45) is 0.240. The van der Waals surface area contributed by atoms with Crippen LogP contribution < -0.4 is 10.5 Å². The Morgan fingerprint density at radius 3 is 2.84 bits per heavy atom. The third-order valence-corrected chi connectivity index (χ3v) is 3.61. The van der Waals surface area contributed by atoms with E-state index >= 15 is 0 Å². The molecule has 1 saturated heterocycles. The Labute approximate surface area is 122 Å². The second-order valence-electron chi connectivity index (χ2n) is 4.67. The summed E-state index contributed by atoms with van der Waals surface area (Å²) < 4.78 is 5.59. The number of carbonyl (C=O) groups excluding carboxylic acids is 1. The van der Waals surface area contributed by atoms with Gasteiger partial charge in [0.25, 0.3) is 5.91 Å². The molecule has 1 aliphatic heterocycles. The van der Waals surface area contributed by atoms with Gasteiger partial charge in [0.2, 0.25) is 0 Å². The first kappa shape index (κ1) is 14.4. The van der Waals surface area contributed by atoms with E-state index in [9.17, 15) is 4.79 Å². The molecule has 1 fully saturated rings. The molecule has 2 atom stereocenters. The molecular formula is C13H16Cl2N2O2. The maximum Gasteiger partial charge on any atom is 0.263 e. The van der Waals surface area contributed by atoms with E-state index in [0.29, 0.717) is 28.9 Å². The number of carbonyl (C=O) groups is 1. The predicted octanol–water partition coefficient (Wildman–Crippen LogP) is 2.32. The maximum absolute atomic E-state index is 12.1. The summed E-state index contributed by atoms with van der Waals surface area (Å²) in [6, 6.07) is 4.98. The Hall–Kier alpha value is -0.970. The highest BCUT2D eigenvalue weighted by molar-refractivity contribution is 6.35. The zero-order valence-corrected chi connectivity index (χ0v) is 12.1. The Kier molecular flexibility index (Phi) is 4.55. The second kappa shape index (κ2) is 5.99. The Morgan fingerprint density at radius 2 is 2.26 bits per heavy atom. The number of nitrogens with two attached hydrogens (primary N) is 1. The molecule has 0 aliphatic carbocycles. The van der Waals surface area contributed by atoms with Gasteiger partial charge in [-0.05, 0) is 31.5 Å². The number of benzene rings is 1. The van der Waals surface area contributed by atoms with Gasteiger partial charge in [-0.3, -0.25) is 4.79 Å². The minimum atomic E-state index is -0.594. The van der Waals surface area contributed by atoms with Crippen molar-refractivity contribution >= 4 is 29.1 Å². The van der Waals surface area contributed by atoms with Gasteiger partial charge in [-0.1, -0.05) is 23.2 Å². The lowest BCUT2D eigenvalue weighted by molar-refractivity contribution is -0.136. The quantitative estimate of drug-likeness (QED) is 0.932. The smallest absolute Gasteiger partial charge is 0.263 e. The molecule has 0 saturated carbocycles. The van der Waals surface area contributed by atoms with Crippen molar-refractivity contribution in [1.82, 2.24) is 4.90 Å². The van der Waals surface area contributed by atoms with Crippen molar-refractivity contribution in [2.24, 2.45) is 5.73 Å². The second-order valence-corrected chi connectivity index (χ2v) is 5.51. The van der Waals surface area contributed by atoms with Gasteiger partial charge in [0, 0.05) is 24.2 Å². The van der Waals surface area contributed by atoms with Crippen LogP contribution in [0.15, 0.2) is 18.2 Å². The minimum absolute atomic E-state index is 0.0651. The third-order valence-electron chi connectivity index (χ3n) is 3.08. The van der Waals surface area contributed by atoms with E-state index < -0.39 is 6.10 Å². The van der Waals surface area contributed by atoms with Crippen LogP contribution in [0, 0.1) is 0 Å². The van der Waals surface area contributed by atoms with Crippen LogP contribution in [0.1, 0.15) is 13.3 Å². The highest BCUT2D eigenvalue weighted by Gasteiger charge is 2.28. The molecule has 0 aromatic heterocycles.